The number of anilines is 1. The molecule has 3 N–H and O–H groups in total. The summed E-state index contributed by atoms with van der Waals surface area (Å²) in [6.07, 6.45) is -0.450. The summed E-state index contributed by atoms with van der Waals surface area (Å²) in [5, 5.41) is 2.23. The number of para-hydroxylation sites is 1. The second-order valence-electron chi connectivity index (χ2n) is 2.67. The summed E-state index contributed by atoms with van der Waals surface area (Å²) in [6, 6.07) is 5.68. The van der Waals surface area contributed by atoms with Crippen molar-refractivity contribution in [3.8, 4) is 0 Å². The molecule has 2 amide bonds. The third-order valence-electron chi connectivity index (χ3n) is 1.48. The first kappa shape index (κ1) is 10.2. The van der Waals surface area contributed by atoms with Gasteiger partial charge in [-0.1, -0.05) is 12.1 Å². The number of nitrogens with two attached hydrogens (primary N) is 1. The summed E-state index contributed by atoms with van der Waals surface area (Å²) < 4.78 is 13.0. The second kappa shape index (κ2) is 4.36. The molecule has 0 aliphatic carbocycles. The number of carbonyl (C=O) groups is 2. The lowest BCUT2D eigenvalue weighted by atomic mass is 10.3. The number of carbonyl (C=O) groups excluding carboxylic acids is 2. The van der Waals surface area contributed by atoms with Gasteiger partial charge in [0.1, 0.15) is 12.2 Å². The van der Waals surface area contributed by atoms with Gasteiger partial charge in [0, 0.05) is 0 Å². The topological polar surface area (TPSA) is 72.2 Å². The summed E-state index contributed by atoms with van der Waals surface area (Å²) in [7, 11) is 0. The lowest BCUT2D eigenvalue weighted by molar-refractivity contribution is -0.124. The van der Waals surface area contributed by atoms with Crippen LogP contribution in [-0.2, 0) is 9.59 Å². The van der Waals surface area contributed by atoms with Crippen LogP contribution in [0, 0.1) is 5.82 Å². The fourth-order valence-corrected chi connectivity index (χ4v) is 0.915. The van der Waals surface area contributed by atoms with Gasteiger partial charge in [-0.2, -0.15) is 0 Å². The van der Waals surface area contributed by atoms with Crippen LogP contribution >= 0.6 is 0 Å². The van der Waals surface area contributed by atoms with Gasteiger partial charge >= 0.3 is 0 Å². The Morgan fingerprint density at radius 3 is 2.57 bits per heavy atom. The zero-order valence-electron chi connectivity index (χ0n) is 7.29. The number of hydrogen-bond donors (Lipinski definition) is 2. The molecule has 5 heteroatoms. The minimum Gasteiger partial charge on any atom is -0.369 e. The molecule has 0 heterocycles. The molecule has 0 aromatic heterocycles. The van der Waals surface area contributed by atoms with Gasteiger partial charge in [0.25, 0.3) is 0 Å². The third kappa shape index (κ3) is 2.85. The smallest absolute Gasteiger partial charge is 0.233 e. The summed E-state index contributed by atoms with van der Waals surface area (Å²) >= 11 is 0. The average Bonchev–Trinajstić information content (AvgIpc) is 2.07. The van der Waals surface area contributed by atoms with Crippen molar-refractivity contribution in [2.45, 2.75) is 6.42 Å². The molecule has 0 saturated heterocycles. The Morgan fingerprint density at radius 2 is 2.00 bits per heavy atom. The summed E-state index contributed by atoms with van der Waals surface area (Å²) in [5.41, 5.74) is 4.83. The largest absolute Gasteiger partial charge is 0.369 e. The molecule has 1 aromatic carbocycles. The van der Waals surface area contributed by atoms with Crippen molar-refractivity contribution in [2.24, 2.45) is 5.73 Å². The van der Waals surface area contributed by atoms with Gasteiger partial charge in [0.05, 0.1) is 5.69 Å². The number of benzene rings is 1. The molecule has 1 rings (SSSR count). The Kier molecular flexibility index (Phi) is 3.17. The van der Waals surface area contributed by atoms with Gasteiger partial charge in [-0.25, -0.2) is 4.39 Å². The Labute approximate surface area is 79.9 Å². The minimum atomic E-state index is -0.751. The quantitative estimate of drug-likeness (QED) is 0.696. The average molecular weight is 196 g/mol. The van der Waals surface area contributed by atoms with E-state index in [9.17, 15) is 14.0 Å². The molecular weight excluding hydrogens is 187 g/mol. The zero-order chi connectivity index (χ0) is 10.6. The Bertz CT molecular complexity index is 366. The van der Waals surface area contributed by atoms with Crippen LogP contribution in [-0.4, -0.2) is 11.8 Å². The van der Waals surface area contributed by atoms with Crippen LogP contribution in [0.25, 0.3) is 0 Å². The van der Waals surface area contributed by atoms with E-state index < -0.39 is 24.1 Å². The lowest BCUT2D eigenvalue weighted by Crippen LogP contribution is -2.21. The van der Waals surface area contributed by atoms with Gasteiger partial charge in [-0.05, 0) is 12.1 Å². The number of hydrogen-bond acceptors (Lipinski definition) is 2. The molecule has 74 valence electrons. The van der Waals surface area contributed by atoms with Crippen LogP contribution in [0.1, 0.15) is 6.42 Å². The van der Waals surface area contributed by atoms with Crippen molar-refractivity contribution in [1.82, 2.24) is 0 Å². The summed E-state index contributed by atoms with van der Waals surface area (Å²) in [6.45, 7) is 0. The van der Waals surface area contributed by atoms with Crippen LogP contribution in [0.2, 0.25) is 0 Å². The van der Waals surface area contributed by atoms with E-state index in [4.69, 9.17) is 5.73 Å². The number of halogens is 1. The molecule has 0 unspecified atom stereocenters. The van der Waals surface area contributed by atoms with Crippen LogP contribution < -0.4 is 11.1 Å². The first-order chi connectivity index (χ1) is 6.59. The summed E-state index contributed by atoms with van der Waals surface area (Å²) in [5.74, 6) is -1.92. The van der Waals surface area contributed by atoms with Crippen molar-refractivity contribution >= 4 is 17.5 Å². The third-order valence-corrected chi connectivity index (χ3v) is 1.48. The molecule has 1 aromatic rings. The van der Waals surface area contributed by atoms with E-state index in [0.29, 0.717) is 0 Å². The first-order valence-corrected chi connectivity index (χ1v) is 3.92. The molecule has 0 aliphatic rings. The second-order valence-corrected chi connectivity index (χ2v) is 2.67. The first-order valence-electron chi connectivity index (χ1n) is 3.92. The van der Waals surface area contributed by atoms with Crippen LogP contribution in [0.4, 0.5) is 10.1 Å². The molecule has 4 nitrogen and oxygen atoms in total. The van der Waals surface area contributed by atoms with Gasteiger partial charge in [0.15, 0.2) is 0 Å². The fourth-order valence-electron chi connectivity index (χ4n) is 0.915. The molecule has 0 bridgehead atoms. The van der Waals surface area contributed by atoms with E-state index >= 15 is 0 Å². The maximum absolute atomic E-state index is 13.0. The normalized spacial score (nSPS) is 9.50. The van der Waals surface area contributed by atoms with Gasteiger partial charge in [0.2, 0.25) is 11.8 Å². The number of rotatable bonds is 3. The van der Waals surface area contributed by atoms with E-state index in [2.05, 4.69) is 5.32 Å². The SMILES string of the molecule is NC(=O)CC(=O)Nc1ccccc1F. The molecule has 0 spiro atoms. The molecule has 0 fully saturated rings. The van der Waals surface area contributed by atoms with E-state index in [1.54, 1.807) is 6.07 Å². The van der Waals surface area contributed by atoms with E-state index in [1.807, 2.05) is 0 Å². The standard InChI is InChI=1S/C9H9FN2O2/c10-6-3-1-2-4-7(6)12-9(14)5-8(11)13/h1-4H,5H2,(H2,11,13)(H,12,14). The Balaban J connectivity index is 2.65. The minimum absolute atomic E-state index is 0.0405. The molecular formula is C9H9FN2O2. The molecule has 0 aliphatic heterocycles. The molecule has 0 saturated carbocycles. The molecule has 0 atom stereocenters. The van der Waals surface area contributed by atoms with Crippen LogP contribution in [0.15, 0.2) is 24.3 Å². The van der Waals surface area contributed by atoms with Gasteiger partial charge in [-0.3, -0.25) is 9.59 Å². The predicted octanol–water partition coefficient (Wildman–Crippen LogP) is 0.640. The van der Waals surface area contributed by atoms with Crippen molar-refractivity contribution < 1.29 is 14.0 Å². The van der Waals surface area contributed by atoms with Crippen molar-refractivity contribution in [3.63, 3.8) is 0 Å². The predicted molar refractivity (Wildman–Crippen MR) is 48.8 cm³/mol. The summed E-state index contributed by atoms with van der Waals surface area (Å²) in [4.78, 5) is 21.3. The van der Waals surface area contributed by atoms with E-state index in [-0.39, 0.29) is 5.69 Å². The van der Waals surface area contributed by atoms with Gasteiger partial charge in [-0.15, -0.1) is 0 Å². The van der Waals surface area contributed by atoms with Crippen molar-refractivity contribution in [3.05, 3.63) is 30.1 Å². The number of primary amides is 1. The highest BCUT2D eigenvalue weighted by molar-refractivity contribution is 6.03. The highest BCUT2D eigenvalue weighted by Crippen LogP contribution is 2.12. The van der Waals surface area contributed by atoms with Crippen molar-refractivity contribution in [1.29, 1.82) is 0 Å². The Morgan fingerprint density at radius 1 is 1.36 bits per heavy atom. The van der Waals surface area contributed by atoms with E-state index in [0.717, 1.165) is 0 Å². The monoisotopic (exact) mass is 196 g/mol. The highest BCUT2D eigenvalue weighted by Gasteiger charge is 2.08. The Hall–Kier alpha value is -1.91. The highest BCUT2D eigenvalue weighted by atomic mass is 19.1. The maximum Gasteiger partial charge on any atom is 0.233 e. The molecule has 0 radical (unpaired) electrons. The number of nitrogens with one attached hydrogen (secondary N) is 1. The maximum atomic E-state index is 13.0. The lowest BCUT2D eigenvalue weighted by Gasteiger charge is -2.03. The van der Waals surface area contributed by atoms with Crippen LogP contribution in [0.5, 0.6) is 0 Å². The zero-order valence-corrected chi connectivity index (χ0v) is 7.29. The van der Waals surface area contributed by atoms with Crippen LogP contribution in [0.3, 0.4) is 0 Å². The van der Waals surface area contributed by atoms with Crippen molar-refractivity contribution in [2.75, 3.05) is 5.32 Å². The van der Waals surface area contributed by atoms with E-state index in [1.165, 1.54) is 18.2 Å². The molecule has 14 heavy (non-hydrogen) atoms. The number of amides is 2. The fraction of sp³-hybridized carbons (Fsp3) is 0.111. The van der Waals surface area contributed by atoms with Gasteiger partial charge < -0.3 is 11.1 Å².